The standard InChI is InChI=1S/C18H28FN3O.2ClH/c1-20-12-16(15-2-4-17(19)5-3-15)6-7-21-13-18(14-21)22-8-10-23-11-9-22;;/h2-5,16,18,20H,6-14H2,1H3;2*1H/t16-;;/m1../s1. The van der Waals surface area contributed by atoms with Crippen molar-refractivity contribution in [3.05, 3.63) is 35.6 Å². The van der Waals surface area contributed by atoms with Gasteiger partial charge in [0.15, 0.2) is 0 Å². The Bertz CT molecular complexity index is 480. The number of halogens is 3. The lowest BCUT2D eigenvalue weighted by molar-refractivity contribution is -0.0325. The van der Waals surface area contributed by atoms with Crippen molar-refractivity contribution in [3.8, 4) is 0 Å². The lowest BCUT2D eigenvalue weighted by Crippen LogP contribution is -2.61. The first-order chi connectivity index (χ1) is 11.3. The predicted molar refractivity (Wildman–Crippen MR) is 105 cm³/mol. The van der Waals surface area contributed by atoms with Crippen molar-refractivity contribution < 1.29 is 9.13 Å². The molecule has 144 valence electrons. The molecule has 1 N–H and O–H groups in total. The van der Waals surface area contributed by atoms with Crippen molar-refractivity contribution in [1.29, 1.82) is 0 Å². The van der Waals surface area contributed by atoms with E-state index >= 15 is 0 Å². The van der Waals surface area contributed by atoms with Crippen molar-refractivity contribution in [2.24, 2.45) is 0 Å². The summed E-state index contributed by atoms with van der Waals surface area (Å²) in [5.74, 6) is 0.288. The first-order valence-electron chi connectivity index (χ1n) is 8.70. The molecule has 1 atom stereocenters. The van der Waals surface area contributed by atoms with Gasteiger partial charge in [-0.05, 0) is 43.6 Å². The molecule has 4 nitrogen and oxygen atoms in total. The molecular weight excluding hydrogens is 364 g/mol. The van der Waals surface area contributed by atoms with Gasteiger partial charge in [0.1, 0.15) is 5.82 Å². The summed E-state index contributed by atoms with van der Waals surface area (Å²) in [5, 5.41) is 3.27. The molecule has 2 aliphatic heterocycles. The molecule has 0 radical (unpaired) electrons. The maximum atomic E-state index is 13.1. The zero-order valence-corrected chi connectivity index (χ0v) is 16.5. The van der Waals surface area contributed by atoms with Gasteiger partial charge in [-0.25, -0.2) is 4.39 Å². The lowest BCUT2D eigenvalue weighted by Gasteiger charge is -2.47. The van der Waals surface area contributed by atoms with E-state index in [1.165, 1.54) is 18.7 Å². The van der Waals surface area contributed by atoms with E-state index < -0.39 is 0 Å². The van der Waals surface area contributed by atoms with Crippen LogP contribution in [0.25, 0.3) is 0 Å². The SMILES string of the molecule is CNC[C@@H](CCN1CC(N2CCOCC2)C1)c1ccc(F)cc1.Cl.Cl. The Morgan fingerprint density at radius 1 is 1.16 bits per heavy atom. The molecule has 2 aliphatic rings. The second-order valence-electron chi connectivity index (χ2n) is 6.66. The van der Waals surface area contributed by atoms with Gasteiger partial charge >= 0.3 is 0 Å². The van der Waals surface area contributed by atoms with E-state index in [9.17, 15) is 4.39 Å². The molecule has 2 heterocycles. The number of ether oxygens (including phenoxy) is 1. The molecule has 0 amide bonds. The molecule has 0 aliphatic carbocycles. The average molecular weight is 394 g/mol. The van der Waals surface area contributed by atoms with Crippen LogP contribution in [0, 0.1) is 5.82 Å². The summed E-state index contributed by atoms with van der Waals surface area (Å²) in [7, 11) is 1.98. The number of hydrogen-bond donors (Lipinski definition) is 1. The molecule has 1 aromatic carbocycles. The van der Waals surface area contributed by atoms with Crippen LogP contribution in [0.1, 0.15) is 17.9 Å². The molecule has 0 saturated carbocycles. The fourth-order valence-corrected chi connectivity index (χ4v) is 3.61. The minimum absolute atomic E-state index is 0. The number of benzene rings is 1. The molecule has 7 heteroatoms. The van der Waals surface area contributed by atoms with E-state index in [1.807, 2.05) is 19.2 Å². The number of likely N-dealkylation sites (N-methyl/N-ethyl adjacent to an activating group) is 1. The Morgan fingerprint density at radius 2 is 1.80 bits per heavy atom. The van der Waals surface area contributed by atoms with Gasteiger partial charge in [-0.1, -0.05) is 12.1 Å². The van der Waals surface area contributed by atoms with E-state index in [-0.39, 0.29) is 30.6 Å². The largest absolute Gasteiger partial charge is 0.379 e. The van der Waals surface area contributed by atoms with Gasteiger partial charge < -0.3 is 15.0 Å². The molecule has 0 spiro atoms. The Morgan fingerprint density at radius 3 is 2.40 bits per heavy atom. The van der Waals surface area contributed by atoms with E-state index in [0.717, 1.165) is 45.8 Å². The fourth-order valence-electron chi connectivity index (χ4n) is 3.61. The van der Waals surface area contributed by atoms with Gasteiger partial charge in [0.05, 0.1) is 13.2 Å². The molecule has 1 aromatic rings. The van der Waals surface area contributed by atoms with Crippen molar-refractivity contribution in [2.45, 2.75) is 18.4 Å². The third kappa shape index (κ3) is 6.35. The van der Waals surface area contributed by atoms with Crippen molar-refractivity contribution >= 4 is 24.8 Å². The second kappa shape index (κ2) is 11.3. The maximum absolute atomic E-state index is 13.1. The van der Waals surface area contributed by atoms with Crippen LogP contribution in [0.3, 0.4) is 0 Å². The van der Waals surface area contributed by atoms with Crippen molar-refractivity contribution in [1.82, 2.24) is 15.1 Å². The molecule has 3 rings (SSSR count). The molecule has 2 fully saturated rings. The highest BCUT2D eigenvalue weighted by Gasteiger charge is 2.32. The molecule has 0 aromatic heterocycles. The summed E-state index contributed by atoms with van der Waals surface area (Å²) in [6.45, 7) is 8.33. The summed E-state index contributed by atoms with van der Waals surface area (Å²) in [6.07, 6.45) is 1.11. The van der Waals surface area contributed by atoms with E-state index in [4.69, 9.17) is 4.74 Å². The fraction of sp³-hybridized carbons (Fsp3) is 0.667. The van der Waals surface area contributed by atoms with Gasteiger partial charge in [0.2, 0.25) is 0 Å². The number of nitrogens with zero attached hydrogens (tertiary/aromatic N) is 2. The topological polar surface area (TPSA) is 27.7 Å². The summed E-state index contributed by atoms with van der Waals surface area (Å²) >= 11 is 0. The minimum Gasteiger partial charge on any atom is -0.379 e. The van der Waals surface area contributed by atoms with Gasteiger partial charge in [0, 0.05) is 38.8 Å². The van der Waals surface area contributed by atoms with Crippen LogP contribution >= 0.6 is 24.8 Å². The highest BCUT2D eigenvalue weighted by molar-refractivity contribution is 5.85. The van der Waals surface area contributed by atoms with Crippen LogP contribution < -0.4 is 5.32 Å². The zero-order valence-electron chi connectivity index (χ0n) is 14.8. The van der Waals surface area contributed by atoms with Gasteiger partial charge in [-0.15, -0.1) is 24.8 Å². The highest BCUT2D eigenvalue weighted by atomic mass is 35.5. The molecule has 0 unspecified atom stereocenters. The monoisotopic (exact) mass is 393 g/mol. The third-order valence-electron chi connectivity index (χ3n) is 5.09. The Labute approximate surface area is 162 Å². The van der Waals surface area contributed by atoms with Gasteiger partial charge in [-0.2, -0.15) is 0 Å². The van der Waals surface area contributed by atoms with Crippen molar-refractivity contribution in [3.63, 3.8) is 0 Å². The lowest BCUT2D eigenvalue weighted by atomic mass is 9.94. The smallest absolute Gasteiger partial charge is 0.123 e. The number of likely N-dealkylation sites (tertiary alicyclic amines) is 1. The number of hydrogen-bond acceptors (Lipinski definition) is 4. The Balaban J connectivity index is 0.00000156. The maximum Gasteiger partial charge on any atom is 0.123 e. The quantitative estimate of drug-likeness (QED) is 0.769. The average Bonchev–Trinajstić information content (AvgIpc) is 2.54. The second-order valence-corrected chi connectivity index (χ2v) is 6.66. The summed E-state index contributed by atoms with van der Waals surface area (Å²) in [6, 6.07) is 7.69. The van der Waals surface area contributed by atoms with Crippen LogP contribution in [0.15, 0.2) is 24.3 Å². The summed E-state index contributed by atoms with van der Waals surface area (Å²) in [5.41, 5.74) is 1.23. The van der Waals surface area contributed by atoms with Crippen LogP contribution in [0.4, 0.5) is 4.39 Å². The normalized spacial score (nSPS) is 20.2. The summed E-state index contributed by atoms with van der Waals surface area (Å²) in [4.78, 5) is 5.09. The van der Waals surface area contributed by atoms with Crippen LogP contribution in [0.2, 0.25) is 0 Å². The molecule has 2 saturated heterocycles. The van der Waals surface area contributed by atoms with E-state index in [0.29, 0.717) is 12.0 Å². The van der Waals surface area contributed by atoms with Crippen LogP contribution in [-0.2, 0) is 4.74 Å². The van der Waals surface area contributed by atoms with E-state index in [1.54, 1.807) is 12.1 Å². The minimum atomic E-state index is -0.159. The zero-order chi connectivity index (χ0) is 16.1. The summed E-state index contributed by atoms with van der Waals surface area (Å²) < 4.78 is 18.5. The number of morpholine rings is 1. The number of nitrogens with one attached hydrogen (secondary N) is 1. The first kappa shape index (κ1) is 22.6. The Kier molecular flexibility index (Phi) is 10.2. The molecule has 25 heavy (non-hydrogen) atoms. The highest BCUT2D eigenvalue weighted by Crippen LogP contribution is 2.23. The van der Waals surface area contributed by atoms with Gasteiger partial charge in [-0.3, -0.25) is 4.90 Å². The van der Waals surface area contributed by atoms with Crippen LogP contribution in [-0.4, -0.2) is 75.4 Å². The predicted octanol–water partition coefficient (Wildman–Crippen LogP) is 2.38. The van der Waals surface area contributed by atoms with E-state index in [2.05, 4.69) is 15.1 Å². The first-order valence-corrected chi connectivity index (χ1v) is 8.70. The molecular formula is C18H30Cl2FN3O. The van der Waals surface area contributed by atoms with Crippen LogP contribution in [0.5, 0.6) is 0 Å². The van der Waals surface area contributed by atoms with Gasteiger partial charge in [0.25, 0.3) is 0 Å². The molecule has 0 bridgehead atoms. The Hall–Kier alpha value is -0.430. The van der Waals surface area contributed by atoms with Crippen molar-refractivity contribution in [2.75, 3.05) is 59.5 Å². The third-order valence-corrected chi connectivity index (χ3v) is 5.09. The number of rotatable bonds is 7.